The van der Waals surface area contributed by atoms with Crippen molar-refractivity contribution in [3.8, 4) is 5.75 Å². The second-order valence-corrected chi connectivity index (χ2v) is 7.75. The van der Waals surface area contributed by atoms with Crippen LogP contribution in [0.3, 0.4) is 0 Å². The zero-order valence-electron chi connectivity index (χ0n) is 13.3. The second-order valence-electron chi connectivity index (χ2n) is 5.30. The van der Waals surface area contributed by atoms with Gasteiger partial charge in [-0.25, -0.2) is 8.42 Å². The van der Waals surface area contributed by atoms with E-state index in [1.54, 1.807) is 0 Å². The maximum atomic E-state index is 12.3. The third-order valence-corrected chi connectivity index (χ3v) is 4.45. The number of nitrogens with one attached hydrogen (secondary N) is 1. The molecule has 0 aliphatic heterocycles. The average Bonchev–Trinajstić information content (AvgIpc) is 2.52. The van der Waals surface area contributed by atoms with Crippen molar-refractivity contribution >= 4 is 33.0 Å². The lowest BCUT2D eigenvalue weighted by Crippen LogP contribution is -2.20. The predicted octanol–water partition coefficient (Wildman–Crippen LogP) is 3.94. The van der Waals surface area contributed by atoms with E-state index in [4.69, 9.17) is 11.6 Å². The Hall–Kier alpha value is -2.26. The van der Waals surface area contributed by atoms with Crippen molar-refractivity contribution < 1.29 is 31.1 Å². The average molecular weight is 408 g/mol. The predicted molar refractivity (Wildman–Crippen MR) is 90.5 cm³/mol. The number of hydrogen-bond donors (Lipinski definition) is 1. The molecule has 0 radical (unpaired) electrons. The summed E-state index contributed by atoms with van der Waals surface area (Å²) < 4.78 is 64.8. The van der Waals surface area contributed by atoms with Crippen molar-refractivity contribution in [2.45, 2.75) is 11.1 Å². The van der Waals surface area contributed by atoms with Crippen LogP contribution in [0.15, 0.2) is 47.4 Å². The molecule has 26 heavy (non-hydrogen) atoms. The summed E-state index contributed by atoms with van der Waals surface area (Å²) in [6.45, 7) is -1.54. The van der Waals surface area contributed by atoms with Crippen LogP contribution in [0.2, 0.25) is 5.02 Å². The van der Waals surface area contributed by atoms with Crippen LogP contribution in [0.4, 0.5) is 18.9 Å². The Morgan fingerprint density at radius 2 is 1.88 bits per heavy atom. The summed E-state index contributed by atoms with van der Waals surface area (Å²) in [5.41, 5.74) is -0.0637. The lowest BCUT2D eigenvalue weighted by atomic mass is 10.2. The molecule has 140 valence electrons. The Kier molecular flexibility index (Phi) is 5.82. The van der Waals surface area contributed by atoms with E-state index in [2.05, 4.69) is 10.1 Å². The van der Waals surface area contributed by atoms with Gasteiger partial charge in [0, 0.05) is 16.8 Å². The Morgan fingerprint density at radius 1 is 1.19 bits per heavy atom. The van der Waals surface area contributed by atoms with Gasteiger partial charge in [0.2, 0.25) is 0 Å². The number of benzene rings is 2. The number of amides is 1. The number of hydrogen-bond acceptors (Lipinski definition) is 4. The summed E-state index contributed by atoms with van der Waals surface area (Å²) in [5, 5.41) is 2.54. The molecule has 2 aromatic carbocycles. The summed E-state index contributed by atoms with van der Waals surface area (Å²) in [7, 11) is -3.52. The van der Waals surface area contributed by atoms with Crippen molar-refractivity contribution in [2.75, 3.05) is 18.2 Å². The molecule has 0 aromatic heterocycles. The van der Waals surface area contributed by atoms with Crippen LogP contribution >= 0.6 is 11.6 Å². The lowest BCUT2D eigenvalue weighted by Gasteiger charge is -2.14. The number of ether oxygens (including phenoxy) is 1. The van der Waals surface area contributed by atoms with Crippen molar-refractivity contribution in [2.24, 2.45) is 0 Å². The minimum absolute atomic E-state index is 0.00896. The molecule has 5 nitrogen and oxygen atoms in total. The zero-order chi connectivity index (χ0) is 19.5. The van der Waals surface area contributed by atoms with Gasteiger partial charge in [-0.1, -0.05) is 17.7 Å². The molecular formula is C16H13ClF3NO4S. The zero-order valence-corrected chi connectivity index (χ0v) is 14.9. The van der Waals surface area contributed by atoms with Gasteiger partial charge in [-0.05, 0) is 36.4 Å². The minimum Gasteiger partial charge on any atom is -0.482 e. The summed E-state index contributed by atoms with van der Waals surface area (Å²) in [4.78, 5) is 12.3. The molecule has 10 heteroatoms. The minimum atomic E-state index is -4.55. The first kappa shape index (κ1) is 20.1. The Morgan fingerprint density at radius 3 is 2.50 bits per heavy atom. The molecule has 0 heterocycles. The standard InChI is InChI=1S/C16H13ClF3NO4S/c1-26(23,24)12-4-2-3-10(7-12)15(22)21-13-8-11(17)5-6-14(13)25-9-16(18,19)20/h2-8H,9H2,1H3,(H,21,22). The SMILES string of the molecule is CS(=O)(=O)c1cccc(C(=O)Nc2cc(Cl)ccc2OCC(F)(F)F)c1. The molecule has 0 aliphatic rings. The van der Waals surface area contributed by atoms with E-state index in [9.17, 15) is 26.4 Å². The Bertz CT molecular complexity index is 929. The first-order valence-corrected chi connectivity index (χ1v) is 9.33. The first-order chi connectivity index (χ1) is 12.0. The van der Waals surface area contributed by atoms with Crippen LogP contribution in [0, 0.1) is 0 Å². The topological polar surface area (TPSA) is 72.5 Å². The molecule has 2 rings (SSSR count). The van der Waals surface area contributed by atoms with Gasteiger partial charge in [0.15, 0.2) is 16.4 Å². The molecule has 0 saturated carbocycles. The monoisotopic (exact) mass is 407 g/mol. The van der Waals surface area contributed by atoms with Gasteiger partial charge < -0.3 is 10.1 Å². The van der Waals surface area contributed by atoms with Gasteiger partial charge in [0.25, 0.3) is 5.91 Å². The van der Waals surface area contributed by atoms with E-state index >= 15 is 0 Å². The Labute approximate surface area is 152 Å². The number of carbonyl (C=O) groups excluding carboxylic acids is 1. The molecule has 2 aromatic rings. The number of carbonyl (C=O) groups is 1. The highest BCUT2D eigenvalue weighted by Gasteiger charge is 2.29. The van der Waals surface area contributed by atoms with Gasteiger partial charge in [0.05, 0.1) is 10.6 Å². The maximum Gasteiger partial charge on any atom is 0.422 e. The van der Waals surface area contributed by atoms with Crippen molar-refractivity contribution in [3.05, 3.63) is 53.1 Å². The number of halogens is 4. The van der Waals surface area contributed by atoms with E-state index < -0.39 is 28.5 Å². The smallest absolute Gasteiger partial charge is 0.422 e. The fraction of sp³-hybridized carbons (Fsp3) is 0.188. The first-order valence-electron chi connectivity index (χ1n) is 7.06. The fourth-order valence-corrected chi connectivity index (χ4v) is 2.79. The van der Waals surface area contributed by atoms with Crippen LogP contribution in [0.5, 0.6) is 5.75 Å². The number of alkyl halides is 3. The molecule has 1 N–H and O–H groups in total. The molecule has 1 amide bonds. The molecule has 0 unspecified atom stereocenters. The summed E-state index contributed by atoms with van der Waals surface area (Å²) in [6.07, 6.45) is -3.56. The van der Waals surface area contributed by atoms with Gasteiger partial charge >= 0.3 is 6.18 Å². The number of rotatable bonds is 5. The third kappa shape index (κ3) is 5.63. The van der Waals surface area contributed by atoms with Crippen LogP contribution < -0.4 is 10.1 Å². The molecule has 0 bridgehead atoms. The van der Waals surface area contributed by atoms with E-state index in [1.165, 1.54) is 36.4 Å². The van der Waals surface area contributed by atoms with Crippen LogP contribution in [-0.2, 0) is 9.84 Å². The van der Waals surface area contributed by atoms with Crippen LogP contribution in [0.25, 0.3) is 0 Å². The van der Waals surface area contributed by atoms with E-state index in [0.29, 0.717) is 0 Å². The molecular weight excluding hydrogens is 395 g/mol. The second kappa shape index (κ2) is 7.55. The summed E-state index contributed by atoms with van der Waals surface area (Å²) in [5.74, 6) is -0.950. The number of anilines is 1. The third-order valence-electron chi connectivity index (χ3n) is 3.11. The molecule has 0 spiro atoms. The van der Waals surface area contributed by atoms with Crippen molar-refractivity contribution in [1.82, 2.24) is 0 Å². The highest BCUT2D eigenvalue weighted by molar-refractivity contribution is 7.90. The van der Waals surface area contributed by atoms with Crippen LogP contribution in [-0.4, -0.2) is 33.4 Å². The van der Waals surface area contributed by atoms with E-state index in [-0.39, 0.29) is 26.9 Å². The van der Waals surface area contributed by atoms with Gasteiger partial charge in [-0.2, -0.15) is 13.2 Å². The maximum absolute atomic E-state index is 12.3. The Balaban J connectivity index is 2.27. The quantitative estimate of drug-likeness (QED) is 0.815. The fourth-order valence-electron chi connectivity index (χ4n) is 1.95. The van der Waals surface area contributed by atoms with Crippen molar-refractivity contribution in [3.63, 3.8) is 0 Å². The molecule has 0 fully saturated rings. The van der Waals surface area contributed by atoms with Crippen LogP contribution in [0.1, 0.15) is 10.4 Å². The van der Waals surface area contributed by atoms with Gasteiger partial charge in [0.1, 0.15) is 5.75 Å². The molecule has 0 saturated heterocycles. The highest BCUT2D eigenvalue weighted by Crippen LogP contribution is 2.30. The largest absolute Gasteiger partial charge is 0.482 e. The summed E-state index contributed by atoms with van der Waals surface area (Å²) >= 11 is 5.81. The normalized spacial score (nSPS) is 11.9. The molecule has 0 aliphatic carbocycles. The lowest BCUT2D eigenvalue weighted by molar-refractivity contribution is -0.153. The number of sulfone groups is 1. The van der Waals surface area contributed by atoms with Gasteiger partial charge in [-0.15, -0.1) is 0 Å². The van der Waals surface area contributed by atoms with E-state index in [1.807, 2.05) is 0 Å². The highest BCUT2D eigenvalue weighted by atomic mass is 35.5. The van der Waals surface area contributed by atoms with Crippen molar-refractivity contribution in [1.29, 1.82) is 0 Å². The molecule has 0 atom stereocenters. The summed E-state index contributed by atoms with van der Waals surface area (Å²) in [6, 6.07) is 8.96. The van der Waals surface area contributed by atoms with E-state index in [0.717, 1.165) is 12.3 Å². The van der Waals surface area contributed by atoms with Gasteiger partial charge in [-0.3, -0.25) is 4.79 Å².